The van der Waals surface area contributed by atoms with Crippen molar-refractivity contribution in [3.8, 4) is 0 Å². The molecule has 1 N–H and O–H groups in total. The lowest BCUT2D eigenvalue weighted by Crippen LogP contribution is -2.10. The first kappa shape index (κ1) is 12.7. The maximum atomic E-state index is 11.8. The van der Waals surface area contributed by atoms with E-state index in [1.807, 2.05) is 0 Å². The van der Waals surface area contributed by atoms with Gasteiger partial charge in [-0.15, -0.1) is 11.3 Å². The van der Waals surface area contributed by atoms with Gasteiger partial charge in [-0.05, 0) is 28.1 Å². The van der Waals surface area contributed by atoms with Gasteiger partial charge in [0.15, 0.2) is 0 Å². The summed E-state index contributed by atoms with van der Waals surface area (Å²) in [5.41, 5.74) is 0.856. The largest absolute Gasteiger partial charge is 0.322 e. The van der Waals surface area contributed by atoms with Crippen LogP contribution in [0, 0.1) is 10.1 Å². The molecule has 0 saturated carbocycles. The van der Waals surface area contributed by atoms with Crippen LogP contribution in [0.1, 0.15) is 10.4 Å². The molecule has 2 aromatic rings. The van der Waals surface area contributed by atoms with Crippen molar-refractivity contribution in [2.75, 3.05) is 5.32 Å². The lowest BCUT2D eigenvalue weighted by Gasteiger charge is -2.03. The summed E-state index contributed by atoms with van der Waals surface area (Å²) in [4.78, 5) is 21.9. The van der Waals surface area contributed by atoms with Gasteiger partial charge in [0, 0.05) is 23.2 Å². The number of hydrogen-bond donors (Lipinski definition) is 1. The third-order valence-corrected chi connectivity index (χ3v) is 3.65. The Balaban J connectivity index is 2.16. The standard InChI is InChI=1S/C11H7BrN2O3S/c12-10-4-7(6-18-10)11(15)13-8-2-1-3-9(5-8)14(16)17/h1-6H,(H,13,15). The van der Waals surface area contributed by atoms with Gasteiger partial charge < -0.3 is 5.32 Å². The number of rotatable bonds is 3. The van der Waals surface area contributed by atoms with Crippen LogP contribution in [0.4, 0.5) is 11.4 Å². The van der Waals surface area contributed by atoms with Crippen molar-refractivity contribution in [1.82, 2.24) is 0 Å². The van der Waals surface area contributed by atoms with Gasteiger partial charge >= 0.3 is 0 Å². The molecule has 0 atom stereocenters. The summed E-state index contributed by atoms with van der Waals surface area (Å²) in [6.45, 7) is 0. The van der Waals surface area contributed by atoms with Crippen LogP contribution in [0.2, 0.25) is 0 Å². The van der Waals surface area contributed by atoms with E-state index in [0.29, 0.717) is 11.3 Å². The van der Waals surface area contributed by atoms with Crippen LogP contribution in [-0.4, -0.2) is 10.8 Å². The van der Waals surface area contributed by atoms with Gasteiger partial charge in [0.1, 0.15) is 0 Å². The molecule has 18 heavy (non-hydrogen) atoms. The molecule has 7 heteroatoms. The molecule has 1 aromatic heterocycles. The Morgan fingerprint density at radius 2 is 2.17 bits per heavy atom. The molecular weight excluding hydrogens is 320 g/mol. The van der Waals surface area contributed by atoms with Crippen LogP contribution in [0.5, 0.6) is 0 Å². The second-order valence-corrected chi connectivity index (χ2v) is 5.69. The Bertz CT molecular complexity index is 612. The zero-order valence-electron chi connectivity index (χ0n) is 8.92. The number of benzene rings is 1. The van der Waals surface area contributed by atoms with E-state index in [9.17, 15) is 14.9 Å². The van der Waals surface area contributed by atoms with Crippen molar-refractivity contribution < 1.29 is 9.72 Å². The minimum Gasteiger partial charge on any atom is -0.322 e. The number of thiophene rings is 1. The highest BCUT2D eigenvalue weighted by Gasteiger charge is 2.10. The minimum absolute atomic E-state index is 0.0562. The maximum absolute atomic E-state index is 11.8. The number of non-ortho nitro benzene ring substituents is 1. The Morgan fingerprint density at radius 3 is 2.78 bits per heavy atom. The second-order valence-electron chi connectivity index (χ2n) is 3.40. The van der Waals surface area contributed by atoms with Gasteiger partial charge in [0.2, 0.25) is 0 Å². The van der Waals surface area contributed by atoms with Gasteiger partial charge in [0.25, 0.3) is 11.6 Å². The van der Waals surface area contributed by atoms with Crippen molar-refractivity contribution in [2.45, 2.75) is 0 Å². The average Bonchev–Trinajstić information content (AvgIpc) is 2.76. The zero-order valence-corrected chi connectivity index (χ0v) is 11.3. The van der Waals surface area contributed by atoms with E-state index in [1.165, 1.54) is 29.5 Å². The fourth-order valence-electron chi connectivity index (χ4n) is 1.33. The number of nitro groups is 1. The Hall–Kier alpha value is -1.73. The lowest BCUT2D eigenvalue weighted by molar-refractivity contribution is -0.384. The molecule has 0 spiro atoms. The van der Waals surface area contributed by atoms with Crippen LogP contribution >= 0.6 is 27.3 Å². The molecule has 0 radical (unpaired) electrons. The first-order valence-corrected chi connectivity index (χ1v) is 6.53. The summed E-state index contributed by atoms with van der Waals surface area (Å²) in [6.07, 6.45) is 0. The van der Waals surface area contributed by atoms with Gasteiger partial charge in [-0.1, -0.05) is 6.07 Å². The van der Waals surface area contributed by atoms with E-state index in [0.717, 1.165) is 3.79 Å². The number of carbonyl (C=O) groups excluding carboxylic acids is 1. The van der Waals surface area contributed by atoms with Crippen LogP contribution in [0.25, 0.3) is 0 Å². The molecule has 0 saturated heterocycles. The quantitative estimate of drug-likeness (QED) is 0.690. The number of halogens is 1. The van der Waals surface area contributed by atoms with Crippen LogP contribution in [0.3, 0.4) is 0 Å². The average molecular weight is 327 g/mol. The first-order valence-electron chi connectivity index (χ1n) is 4.86. The molecule has 5 nitrogen and oxygen atoms in total. The predicted molar refractivity (Wildman–Crippen MR) is 73.1 cm³/mol. The molecular formula is C11H7BrN2O3S. The zero-order chi connectivity index (χ0) is 13.1. The number of carbonyl (C=O) groups is 1. The topological polar surface area (TPSA) is 72.2 Å². The van der Waals surface area contributed by atoms with E-state index in [4.69, 9.17) is 0 Å². The van der Waals surface area contributed by atoms with E-state index in [-0.39, 0.29) is 11.6 Å². The van der Waals surface area contributed by atoms with Crippen LogP contribution in [-0.2, 0) is 0 Å². The fourth-order valence-corrected chi connectivity index (χ4v) is 2.47. The summed E-state index contributed by atoms with van der Waals surface area (Å²) in [5.74, 6) is -0.294. The van der Waals surface area contributed by atoms with Gasteiger partial charge in [-0.2, -0.15) is 0 Å². The molecule has 0 fully saturated rings. The number of hydrogen-bond acceptors (Lipinski definition) is 4. The Kier molecular flexibility index (Phi) is 3.73. The number of anilines is 1. The van der Waals surface area contributed by atoms with E-state index < -0.39 is 4.92 Å². The molecule has 0 unspecified atom stereocenters. The van der Waals surface area contributed by atoms with Crippen molar-refractivity contribution in [3.63, 3.8) is 0 Å². The molecule has 0 aliphatic carbocycles. The van der Waals surface area contributed by atoms with Crippen molar-refractivity contribution >= 4 is 44.5 Å². The van der Waals surface area contributed by atoms with Crippen LogP contribution in [0.15, 0.2) is 39.5 Å². The summed E-state index contributed by atoms with van der Waals surface area (Å²) in [7, 11) is 0. The molecule has 92 valence electrons. The van der Waals surface area contributed by atoms with E-state index in [2.05, 4.69) is 21.2 Å². The molecule has 0 aliphatic heterocycles. The second kappa shape index (κ2) is 5.28. The summed E-state index contributed by atoms with van der Waals surface area (Å²) >= 11 is 4.66. The fraction of sp³-hybridized carbons (Fsp3) is 0. The van der Waals surface area contributed by atoms with Crippen molar-refractivity contribution in [3.05, 3.63) is 55.2 Å². The highest BCUT2D eigenvalue weighted by molar-refractivity contribution is 9.11. The number of nitrogens with zero attached hydrogens (tertiary/aromatic N) is 1. The minimum atomic E-state index is -0.503. The number of amides is 1. The predicted octanol–water partition coefficient (Wildman–Crippen LogP) is 3.67. The molecule has 2 rings (SSSR count). The monoisotopic (exact) mass is 326 g/mol. The molecule has 0 aliphatic rings. The van der Waals surface area contributed by atoms with Crippen LogP contribution < -0.4 is 5.32 Å². The molecule has 0 bridgehead atoms. The Labute approximate surface area is 115 Å². The van der Waals surface area contributed by atoms with Crippen molar-refractivity contribution in [1.29, 1.82) is 0 Å². The lowest BCUT2D eigenvalue weighted by atomic mass is 10.2. The molecule has 1 amide bonds. The summed E-state index contributed by atoms with van der Waals surface area (Å²) in [6, 6.07) is 7.51. The molecule has 1 aromatic carbocycles. The molecule has 1 heterocycles. The Morgan fingerprint density at radius 1 is 1.39 bits per heavy atom. The third kappa shape index (κ3) is 2.93. The first-order chi connectivity index (χ1) is 8.56. The highest BCUT2D eigenvalue weighted by atomic mass is 79.9. The SMILES string of the molecule is O=C(Nc1cccc([N+](=O)[O-])c1)c1csc(Br)c1. The normalized spacial score (nSPS) is 10.1. The van der Waals surface area contributed by atoms with E-state index >= 15 is 0 Å². The maximum Gasteiger partial charge on any atom is 0.271 e. The smallest absolute Gasteiger partial charge is 0.271 e. The van der Waals surface area contributed by atoms with Gasteiger partial charge in [-0.25, -0.2) is 0 Å². The highest BCUT2D eigenvalue weighted by Crippen LogP contribution is 2.22. The van der Waals surface area contributed by atoms with Crippen molar-refractivity contribution in [2.24, 2.45) is 0 Å². The number of nitro benzene ring substituents is 1. The third-order valence-electron chi connectivity index (χ3n) is 2.14. The summed E-state index contributed by atoms with van der Waals surface area (Å²) in [5, 5.41) is 14.9. The number of nitrogens with one attached hydrogen (secondary N) is 1. The summed E-state index contributed by atoms with van der Waals surface area (Å²) < 4.78 is 0.853. The van der Waals surface area contributed by atoms with Gasteiger partial charge in [-0.3, -0.25) is 14.9 Å². The van der Waals surface area contributed by atoms with Gasteiger partial charge in [0.05, 0.1) is 14.3 Å². The van der Waals surface area contributed by atoms with E-state index in [1.54, 1.807) is 17.5 Å².